The first-order valence-electron chi connectivity index (χ1n) is 5.35. The topological polar surface area (TPSA) is 83.6 Å². The van der Waals surface area contributed by atoms with E-state index < -0.39 is 6.09 Å². The minimum absolute atomic E-state index is 0.361. The molecule has 2 heterocycles. The molecule has 7 nitrogen and oxygen atoms in total. The third-order valence-electron chi connectivity index (χ3n) is 2.86. The number of halogens is 1. The molecule has 8 heteroatoms. The number of hydrogen-bond acceptors (Lipinski definition) is 4. The molecule has 1 N–H and O–H groups in total. The SMILES string of the molecule is CN(C(=O)O)c1cc2ccc(Cl)cc2n2nnnc12. The monoisotopic (exact) mass is 277 g/mol. The maximum absolute atomic E-state index is 11.1. The lowest BCUT2D eigenvalue weighted by atomic mass is 10.2. The predicted molar refractivity (Wildman–Crippen MR) is 69.7 cm³/mol. The number of carboxylic acid groups (broad SMARTS) is 1. The summed E-state index contributed by atoms with van der Waals surface area (Å²) in [6, 6.07) is 6.96. The number of fused-ring (bicyclic) bond motifs is 3. The van der Waals surface area contributed by atoms with E-state index in [1.54, 1.807) is 24.3 Å². The van der Waals surface area contributed by atoms with Crippen molar-refractivity contribution in [3.05, 3.63) is 29.3 Å². The first-order chi connectivity index (χ1) is 9.08. The number of benzene rings is 1. The van der Waals surface area contributed by atoms with Crippen LogP contribution in [0, 0.1) is 0 Å². The lowest BCUT2D eigenvalue weighted by molar-refractivity contribution is 0.203. The van der Waals surface area contributed by atoms with Crippen molar-refractivity contribution in [2.75, 3.05) is 11.9 Å². The molecule has 0 aliphatic rings. The van der Waals surface area contributed by atoms with Gasteiger partial charge in [-0.2, -0.15) is 4.52 Å². The Labute approximate surface area is 112 Å². The van der Waals surface area contributed by atoms with Crippen molar-refractivity contribution in [2.24, 2.45) is 0 Å². The van der Waals surface area contributed by atoms with Crippen LogP contribution in [-0.4, -0.2) is 38.3 Å². The maximum Gasteiger partial charge on any atom is 0.411 e. The summed E-state index contributed by atoms with van der Waals surface area (Å²) >= 11 is 5.95. The van der Waals surface area contributed by atoms with Gasteiger partial charge in [0, 0.05) is 17.5 Å². The average molecular weight is 278 g/mol. The van der Waals surface area contributed by atoms with E-state index in [-0.39, 0.29) is 0 Å². The van der Waals surface area contributed by atoms with Crippen LogP contribution in [0.3, 0.4) is 0 Å². The second kappa shape index (κ2) is 4.06. The Morgan fingerprint density at radius 3 is 2.95 bits per heavy atom. The number of anilines is 1. The molecule has 0 aliphatic carbocycles. The minimum Gasteiger partial charge on any atom is -0.465 e. The van der Waals surface area contributed by atoms with Crippen molar-refractivity contribution < 1.29 is 9.90 Å². The van der Waals surface area contributed by atoms with Crippen LogP contribution in [0.15, 0.2) is 24.3 Å². The molecule has 2 aromatic heterocycles. The summed E-state index contributed by atoms with van der Waals surface area (Å²) in [6.07, 6.45) is -1.08. The quantitative estimate of drug-likeness (QED) is 0.736. The molecule has 3 rings (SSSR count). The zero-order chi connectivity index (χ0) is 13.6. The molecule has 0 radical (unpaired) electrons. The van der Waals surface area contributed by atoms with E-state index in [4.69, 9.17) is 16.7 Å². The molecule has 1 aromatic carbocycles. The Kier molecular flexibility index (Phi) is 2.49. The highest BCUT2D eigenvalue weighted by Crippen LogP contribution is 2.27. The number of carbonyl (C=O) groups is 1. The number of rotatable bonds is 1. The van der Waals surface area contributed by atoms with Crippen LogP contribution in [0.2, 0.25) is 5.02 Å². The standard InChI is InChI=1S/C11H8ClN5O2/c1-16(11(18)19)9-4-6-2-3-7(12)5-8(6)17-10(9)13-14-15-17/h2-5H,1H3,(H,18,19). The average Bonchev–Trinajstić information content (AvgIpc) is 2.86. The summed E-state index contributed by atoms with van der Waals surface area (Å²) in [6.45, 7) is 0. The normalized spacial score (nSPS) is 11.1. The summed E-state index contributed by atoms with van der Waals surface area (Å²) in [7, 11) is 1.44. The Morgan fingerprint density at radius 2 is 2.21 bits per heavy atom. The van der Waals surface area contributed by atoms with E-state index in [1.807, 2.05) is 0 Å². The van der Waals surface area contributed by atoms with E-state index in [0.717, 1.165) is 15.8 Å². The molecule has 0 saturated heterocycles. The van der Waals surface area contributed by atoms with Crippen molar-refractivity contribution in [3.63, 3.8) is 0 Å². The van der Waals surface area contributed by atoms with Crippen molar-refractivity contribution in [1.82, 2.24) is 20.0 Å². The molecular formula is C11H8ClN5O2. The van der Waals surface area contributed by atoms with Gasteiger partial charge in [0.25, 0.3) is 0 Å². The first-order valence-corrected chi connectivity index (χ1v) is 5.73. The van der Waals surface area contributed by atoms with E-state index in [0.29, 0.717) is 16.4 Å². The summed E-state index contributed by atoms with van der Waals surface area (Å²) < 4.78 is 1.47. The van der Waals surface area contributed by atoms with E-state index >= 15 is 0 Å². The van der Waals surface area contributed by atoms with Crippen LogP contribution in [0.5, 0.6) is 0 Å². The van der Waals surface area contributed by atoms with E-state index in [1.165, 1.54) is 11.6 Å². The minimum atomic E-state index is -1.08. The molecule has 0 bridgehead atoms. The summed E-state index contributed by atoms with van der Waals surface area (Å²) in [5, 5.41) is 21.7. The molecule has 0 aliphatic heterocycles. The van der Waals surface area contributed by atoms with Crippen molar-refractivity contribution in [1.29, 1.82) is 0 Å². The molecular weight excluding hydrogens is 270 g/mol. The van der Waals surface area contributed by atoms with Gasteiger partial charge < -0.3 is 5.11 Å². The van der Waals surface area contributed by atoms with Crippen LogP contribution in [0.25, 0.3) is 16.6 Å². The van der Waals surface area contributed by atoms with Crippen LogP contribution < -0.4 is 4.90 Å². The smallest absolute Gasteiger partial charge is 0.411 e. The van der Waals surface area contributed by atoms with Gasteiger partial charge in [0.05, 0.1) is 11.2 Å². The molecule has 1 amide bonds. The largest absolute Gasteiger partial charge is 0.465 e. The zero-order valence-electron chi connectivity index (χ0n) is 9.78. The fourth-order valence-corrected chi connectivity index (χ4v) is 2.06. The summed E-state index contributed by atoms with van der Waals surface area (Å²) in [5.74, 6) is 0. The predicted octanol–water partition coefficient (Wildman–Crippen LogP) is 2.05. The molecule has 0 unspecified atom stereocenters. The van der Waals surface area contributed by atoms with Gasteiger partial charge in [0.15, 0.2) is 0 Å². The van der Waals surface area contributed by atoms with Gasteiger partial charge in [-0.25, -0.2) is 4.79 Å². The molecule has 0 spiro atoms. The third kappa shape index (κ3) is 1.75. The number of hydrogen-bond donors (Lipinski definition) is 1. The molecule has 19 heavy (non-hydrogen) atoms. The Balaban J connectivity index is 2.42. The van der Waals surface area contributed by atoms with E-state index in [9.17, 15) is 4.79 Å². The van der Waals surface area contributed by atoms with Crippen LogP contribution >= 0.6 is 11.6 Å². The lowest BCUT2D eigenvalue weighted by Crippen LogP contribution is -2.24. The highest BCUT2D eigenvalue weighted by atomic mass is 35.5. The van der Waals surface area contributed by atoms with Gasteiger partial charge in [-0.1, -0.05) is 17.7 Å². The fourth-order valence-electron chi connectivity index (χ4n) is 1.89. The summed E-state index contributed by atoms with van der Waals surface area (Å²) in [4.78, 5) is 12.2. The zero-order valence-corrected chi connectivity index (χ0v) is 10.5. The van der Waals surface area contributed by atoms with Crippen LogP contribution in [0.1, 0.15) is 0 Å². The number of tetrazole rings is 1. The third-order valence-corrected chi connectivity index (χ3v) is 3.09. The van der Waals surface area contributed by atoms with Gasteiger partial charge in [-0.05, 0) is 28.6 Å². The van der Waals surface area contributed by atoms with Gasteiger partial charge in [-0.15, -0.1) is 5.10 Å². The van der Waals surface area contributed by atoms with E-state index in [2.05, 4.69) is 15.5 Å². The molecule has 0 atom stereocenters. The number of pyridine rings is 1. The van der Waals surface area contributed by atoms with Crippen LogP contribution in [-0.2, 0) is 0 Å². The second-order valence-electron chi connectivity index (χ2n) is 3.99. The van der Waals surface area contributed by atoms with Crippen molar-refractivity contribution in [3.8, 4) is 0 Å². The number of amides is 1. The van der Waals surface area contributed by atoms with Crippen LogP contribution in [0.4, 0.5) is 10.5 Å². The molecule has 0 fully saturated rings. The highest BCUT2D eigenvalue weighted by molar-refractivity contribution is 6.31. The lowest BCUT2D eigenvalue weighted by Gasteiger charge is -2.14. The molecule has 0 saturated carbocycles. The fraction of sp³-hybridized carbons (Fsp3) is 0.0909. The van der Waals surface area contributed by atoms with Gasteiger partial charge >= 0.3 is 6.09 Å². The van der Waals surface area contributed by atoms with Gasteiger partial charge in [0.1, 0.15) is 0 Å². The van der Waals surface area contributed by atoms with Gasteiger partial charge in [-0.3, -0.25) is 4.90 Å². The van der Waals surface area contributed by atoms with Crippen molar-refractivity contribution in [2.45, 2.75) is 0 Å². The number of aromatic nitrogens is 4. The van der Waals surface area contributed by atoms with Crippen molar-refractivity contribution >= 4 is 39.9 Å². The maximum atomic E-state index is 11.1. The highest BCUT2D eigenvalue weighted by Gasteiger charge is 2.17. The Bertz CT molecular complexity index is 800. The second-order valence-corrected chi connectivity index (χ2v) is 4.43. The molecule has 3 aromatic rings. The Hall–Kier alpha value is -2.41. The number of nitrogens with zero attached hydrogens (tertiary/aromatic N) is 5. The first kappa shape index (κ1) is 11.7. The summed E-state index contributed by atoms with van der Waals surface area (Å²) in [5.41, 5.74) is 1.49. The molecule has 96 valence electrons. The van der Waals surface area contributed by atoms with Gasteiger partial charge in [0.2, 0.25) is 5.65 Å². The Morgan fingerprint density at radius 1 is 1.42 bits per heavy atom.